The molecule has 0 aliphatic carbocycles. The molecule has 1 aliphatic rings. The summed E-state index contributed by atoms with van der Waals surface area (Å²) in [5, 5.41) is 0. The highest BCUT2D eigenvalue weighted by atomic mass is 32.1. The number of carbonyl (C=O) groups is 1. The van der Waals surface area contributed by atoms with Gasteiger partial charge in [-0.05, 0) is 19.9 Å². The molecule has 0 saturated carbocycles. The quantitative estimate of drug-likeness (QED) is 0.845. The first kappa shape index (κ1) is 14.1. The van der Waals surface area contributed by atoms with Crippen LogP contribution in [0.15, 0.2) is 17.8 Å². The number of morpholine rings is 1. The van der Waals surface area contributed by atoms with E-state index < -0.39 is 0 Å². The van der Waals surface area contributed by atoms with Gasteiger partial charge >= 0.3 is 0 Å². The van der Waals surface area contributed by atoms with Crippen LogP contribution in [0.3, 0.4) is 0 Å². The topological polar surface area (TPSA) is 68.2 Å². The number of nitrogens with zero attached hydrogens (tertiary/aromatic N) is 4. The number of thiazole rings is 1. The van der Waals surface area contributed by atoms with Crippen LogP contribution < -0.4 is 0 Å². The van der Waals surface area contributed by atoms with Gasteiger partial charge in [0.05, 0.1) is 30.1 Å². The van der Waals surface area contributed by atoms with E-state index in [0.717, 1.165) is 11.4 Å². The van der Waals surface area contributed by atoms with Crippen molar-refractivity contribution in [1.29, 1.82) is 0 Å². The van der Waals surface area contributed by atoms with Gasteiger partial charge in [0.1, 0.15) is 16.8 Å². The van der Waals surface area contributed by atoms with Crippen molar-refractivity contribution in [3.8, 4) is 0 Å². The molecule has 1 amide bonds. The molecule has 6 nitrogen and oxygen atoms in total. The zero-order chi connectivity index (χ0) is 14.8. The van der Waals surface area contributed by atoms with Gasteiger partial charge in [0.25, 0.3) is 5.91 Å². The number of amides is 1. The summed E-state index contributed by atoms with van der Waals surface area (Å²) in [4.78, 5) is 27.7. The number of ether oxygens (including phenoxy) is 1. The standard InChI is InChI=1S/C14H16N4O2S/c1-9-13(21-8-16-9)14(19)18-5-6-20-12(7-18)11-3-4-15-10(2)17-11/h3-4,8,12H,5-7H2,1-2H3/t12-/m0/s1. The Labute approximate surface area is 126 Å². The van der Waals surface area contributed by atoms with Crippen LogP contribution in [0, 0.1) is 13.8 Å². The average molecular weight is 304 g/mol. The molecular formula is C14H16N4O2S. The number of carbonyl (C=O) groups excluding carboxylic acids is 1. The van der Waals surface area contributed by atoms with E-state index >= 15 is 0 Å². The third-order valence-corrected chi connectivity index (χ3v) is 4.34. The summed E-state index contributed by atoms with van der Waals surface area (Å²) < 4.78 is 5.75. The smallest absolute Gasteiger partial charge is 0.266 e. The second kappa shape index (κ2) is 5.87. The van der Waals surface area contributed by atoms with Gasteiger partial charge in [0.2, 0.25) is 0 Å². The van der Waals surface area contributed by atoms with Crippen LogP contribution in [0.1, 0.15) is 33.0 Å². The third kappa shape index (κ3) is 2.93. The fourth-order valence-electron chi connectivity index (χ4n) is 2.32. The van der Waals surface area contributed by atoms with Crippen LogP contribution in [0.25, 0.3) is 0 Å². The van der Waals surface area contributed by atoms with Crippen molar-refractivity contribution in [2.45, 2.75) is 20.0 Å². The molecule has 0 spiro atoms. The summed E-state index contributed by atoms with van der Waals surface area (Å²) >= 11 is 1.38. The van der Waals surface area contributed by atoms with Crippen molar-refractivity contribution in [1.82, 2.24) is 19.9 Å². The highest BCUT2D eigenvalue weighted by Crippen LogP contribution is 2.23. The van der Waals surface area contributed by atoms with Gasteiger partial charge in [-0.25, -0.2) is 15.0 Å². The molecule has 110 valence electrons. The summed E-state index contributed by atoms with van der Waals surface area (Å²) in [5.41, 5.74) is 3.31. The molecule has 0 bridgehead atoms. The lowest BCUT2D eigenvalue weighted by atomic mass is 10.2. The number of hydrogen-bond donors (Lipinski definition) is 0. The Morgan fingerprint density at radius 3 is 3.00 bits per heavy atom. The van der Waals surface area contributed by atoms with Gasteiger partial charge in [-0.2, -0.15) is 0 Å². The second-order valence-electron chi connectivity index (χ2n) is 4.91. The lowest BCUT2D eigenvalue weighted by Gasteiger charge is -2.32. The Kier molecular flexibility index (Phi) is 3.94. The van der Waals surface area contributed by atoms with Crippen LogP contribution in [-0.2, 0) is 4.74 Å². The van der Waals surface area contributed by atoms with Crippen molar-refractivity contribution in [2.24, 2.45) is 0 Å². The summed E-state index contributed by atoms with van der Waals surface area (Å²) in [6, 6.07) is 1.84. The lowest BCUT2D eigenvalue weighted by molar-refractivity contribution is -0.0247. The zero-order valence-corrected chi connectivity index (χ0v) is 12.8. The molecule has 3 rings (SSSR count). The Bertz CT molecular complexity index is 658. The molecule has 0 unspecified atom stereocenters. The Hall–Kier alpha value is -1.86. The molecule has 2 aromatic heterocycles. The van der Waals surface area contributed by atoms with Gasteiger partial charge in [-0.3, -0.25) is 4.79 Å². The van der Waals surface area contributed by atoms with Crippen molar-refractivity contribution in [3.05, 3.63) is 39.9 Å². The molecule has 0 N–H and O–H groups in total. The molecule has 7 heteroatoms. The van der Waals surface area contributed by atoms with Gasteiger partial charge in [-0.1, -0.05) is 0 Å². The average Bonchev–Trinajstić information content (AvgIpc) is 2.93. The van der Waals surface area contributed by atoms with Crippen molar-refractivity contribution < 1.29 is 9.53 Å². The van der Waals surface area contributed by atoms with Crippen molar-refractivity contribution >= 4 is 17.2 Å². The fraction of sp³-hybridized carbons (Fsp3) is 0.429. The second-order valence-corrected chi connectivity index (χ2v) is 5.76. The predicted octanol–water partition coefficient (Wildman–Crippen LogP) is 1.76. The Balaban J connectivity index is 1.77. The van der Waals surface area contributed by atoms with E-state index in [4.69, 9.17) is 4.74 Å². The molecule has 2 aromatic rings. The fourth-order valence-corrected chi connectivity index (χ4v) is 3.09. The minimum atomic E-state index is -0.197. The van der Waals surface area contributed by atoms with Gasteiger partial charge in [0, 0.05) is 12.7 Å². The Morgan fingerprint density at radius 2 is 2.29 bits per heavy atom. The van der Waals surface area contributed by atoms with Crippen LogP contribution >= 0.6 is 11.3 Å². The lowest BCUT2D eigenvalue weighted by Crippen LogP contribution is -2.42. The van der Waals surface area contributed by atoms with Gasteiger partial charge < -0.3 is 9.64 Å². The van der Waals surface area contributed by atoms with E-state index in [0.29, 0.717) is 30.4 Å². The minimum Gasteiger partial charge on any atom is -0.368 e. The number of aryl methyl sites for hydroxylation is 2. The van der Waals surface area contributed by atoms with Gasteiger partial charge in [-0.15, -0.1) is 11.3 Å². The number of rotatable bonds is 2. The zero-order valence-electron chi connectivity index (χ0n) is 11.9. The first-order valence-electron chi connectivity index (χ1n) is 6.75. The molecule has 0 radical (unpaired) electrons. The minimum absolute atomic E-state index is 0.0223. The molecule has 1 atom stereocenters. The molecule has 1 fully saturated rings. The van der Waals surface area contributed by atoms with E-state index in [1.165, 1.54) is 11.3 Å². The maximum Gasteiger partial charge on any atom is 0.266 e. The van der Waals surface area contributed by atoms with Crippen molar-refractivity contribution in [2.75, 3.05) is 19.7 Å². The monoisotopic (exact) mass is 304 g/mol. The molecule has 21 heavy (non-hydrogen) atoms. The normalized spacial score (nSPS) is 18.8. The third-order valence-electron chi connectivity index (χ3n) is 3.42. The van der Waals surface area contributed by atoms with Crippen LogP contribution in [0.5, 0.6) is 0 Å². The van der Waals surface area contributed by atoms with Crippen LogP contribution in [0.4, 0.5) is 0 Å². The largest absolute Gasteiger partial charge is 0.368 e. The van der Waals surface area contributed by atoms with E-state index in [1.807, 2.05) is 24.8 Å². The highest BCUT2D eigenvalue weighted by molar-refractivity contribution is 7.11. The van der Waals surface area contributed by atoms with E-state index in [9.17, 15) is 4.79 Å². The SMILES string of the molecule is Cc1nccc([C@@H]2CN(C(=O)c3scnc3C)CCO2)n1. The summed E-state index contributed by atoms with van der Waals surface area (Å²) in [5.74, 6) is 0.729. The van der Waals surface area contributed by atoms with Crippen molar-refractivity contribution in [3.63, 3.8) is 0 Å². The van der Waals surface area contributed by atoms with Crippen LogP contribution in [0.2, 0.25) is 0 Å². The molecule has 1 saturated heterocycles. The summed E-state index contributed by atoms with van der Waals surface area (Å²) in [6.45, 7) is 5.31. The van der Waals surface area contributed by atoms with Gasteiger partial charge in [0.15, 0.2) is 0 Å². The first-order chi connectivity index (χ1) is 10.1. The first-order valence-corrected chi connectivity index (χ1v) is 7.63. The molecule has 0 aromatic carbocycles. The van der Waals surface area contributed by atoms with E-state index in [-0.39, 0.29) is 12.0 Å². The Morgan fingerprint density at radius 1 is 1.43 bits per heavy atom. The molecule has 3 heterocycles. The molecular weight excluding hydrogens is 288 g/mol. The van der Waals surface area contributed by atoms with Crippen LogP contribution in [-0.4, -0.2) is 45.5 Å². The maximum absolute atomic E-state index is 12.5. The summed E-state index contributed by atoms with van der Waals surface area (Å²) in [7, 11) is 0. The molecule has 1 aliphatic heterocycles. The van der Waals surface area contributed by atoms with E-state index in [1.54, 1.807) is 11.7 Å². The number of hydrogen-bond acceptors (Lipinski definition) is 6. The maximum atomic E-state index is 12.5. The highest BCUT2D eigenvalue weighted by Gasteiger charge is 2.28. The summed E-state index contributed by atoms with van der Waals surface area (Å²) in [6.07, 6.45) is 1.52. The number of aromatic nitrogens is 3. The van der Waals surface area contributed by atoms with E-state index in [2.05, 4.69) is 15.0 Å². The predicted molar refractivity (Wildman–Crippen MR) is 78.2 cm³/mol.